The van der Waals surface area contributed by atoms with E-state index in [1.54, 1.807) is 24.3 Å². The van der Waals surface area contributed by atoms with Gasteiger partial charge >= 0.3 is 5.97 Å². The summed E-state index contributed by atoms with van der Waals surface area (Å²) >= 11 is 7.41. The van der Waals surface area contributed by atoms with Crippen molar-refractivity contribution in [1.82, 2.24) is 0 Å². The summed E-state index contributed by atoms with van der Waals surface area (Å²) in [6.07, 6.45) is 6.18. The zero-order chi connectivity index (χ0) is 20.3. The third-order valence-electron chi connectivity index (χ3n) is 7.17. The van der Waals surface area contributed by atoms with Crippen LogP contribution in [0.2, 0.25) is 0 Å². The van der Waals surface area contributed by atoms with E-state index >= 15 is 0 Å². The van der Waals surface area contributed by atoms with E-state index in [9.17, 15) is 14.4 Å². The number of rotatable bonds is 3. The highest BCUT2D eigenvalue weighted by atomic mass is 79.9. The normalized spacial score (nSPS) is 36.6. The highest BCUT2D eigenvalue weighted by Crippen LogP contribution is 2.60. The van der Waals surface area contributed by atoms with Crippen LogP contribution in [0.1, 0.15) is 48.9 Å². The Balaban J connectivity index is 1.32. The Bertz CT molecular complexity index is 819. The zero-order valence-electron chi connectivity index (χ0n) is 15.9. The van der Waals surface area contributed by atoms with E-state index in [2.05, 4.69) is 31.9 Å². The van der Waals surface area contributed by atoms with Gasteiger partial charge in [-0.15, -0.1) is 0 Å². The predicted molar refractivity (Wildman–Crippen MR) is 115 cm³/mol. The molecule has 4 aliphatic rings. The lowest BCUT2D eigenvalue weighted by Crippen LogP contribution is -2.37. The summed E-state index contributed by atoms with van der Waals surface area (Å²) in [5.41, 5.74) is 1.000. The molecule has 0 spiro atoms. The van der Waals surface area contributed by atoms with Crippen LogP contribution in [-0.4, -0.2) is 33.5 Å². The average Bonchev–Trinajstić information content (AvgIpc) is 3.34. The summed E-state index contributed by atoms with van der Waals surface area (Å²) in [7, 11) is 0. The van der Waals surface area contributed by atoms with Crippen LogP contribution in [0.25, 0.3) is 0 Å². The summed E-state index contributed by atoms with van der Waals surface area (Å²) in [4.78, 5) is 40.4. The van der Waals surface area contributed by atoms with Gasteiger partial charge in [-0.2, -0.15) is 0 Å². The lowest BCUT2D eigenvalue weighted by atomic mass is 9.81. The number of fused-ring (bicyclic) bond motifs is 5. The number of alkyl halides is 2. The van der Waals surface area contributed by atoms with E-state index in [0.29, 0.717) is 11.3 Å². The molecule has 3 aliphatic carbocycles. The Labute approximate surface area is 186 Å². The molecule has 29 heavy (non-hydrogen) atoms. The fraction of sp³-hybridized carbons (Fsp3) is 0.591. The fourth-order valence-electron chi connectivity index (χ4n) is 5.75. The molecule has 5 rings (SSSR count). The first-order chi connectivity index (χ1) is 14.0. The molecule has 154 valence electrons. The van der Waals surface area contributed by atoms with Crippen molar-refractivity contribution in [3.8, 4) is 0 Å². The first-order valence-corrected chi connectivity index (χ1v) is 12.3. The maximum Gasteiger partial charge on any atom is 0.338 e. The first-order valence-electron chi connectivity index (χ1n) is 10.4. The molecule has 1 heterocycles. The number of anilines is 1. The minimum absolute atomic E-state index is 0.00177. The molecule has 4 fully saturated rings. The number of nitrogens with zero attached hydrogens (tertiary/aromatic N) is 1. The molecule has 6 atom stereocenters. The van der Waals surface area contributed by atoms with Crippen molar-refractivity contribution in [2.24, 2.45) is 23.7 Å². The summed E-state index contributed by atoms with van der Waals surface area (Å²) in [5, 5.41) is 0. The Morgan fingerprint density at radius 2 is 1.45 bits per heavy atom. The van der Waals surface area contributed by atoms with Gasteiger partial charge in [0, 0.05) is 9.65 Å². The van der Waals surface area contributed by atoms with Crippen molar-refractivity contribution >= 4 is 55.3 Å². The maximum atomic E-state index is 13.1. The second kappa shape index (κ2) is 7.49. The summed E-state index contributed by atoms with van der Waals surface area (Å²) < 4.78 is 5.61. The Morgan fingerprint density at radius 1 is 0.897 bits per heavy atom. The third-order valence-corrected chi connectivity index (χ3v) is 10.4. The van der Waals surface area contributed by atoms with Crippen molar-refractivity contribution in [3.05, 3.63) is 29.8 Å². The monoisotopic (exact) mass is 523 g/mol. The summed E-state index contributed by atoms with van der Waals surface area (Å²) in [5.74, 6) is -0.617. The van der Waals surface area contributed by atoms with Gasteiger partial charge in [-0.25, -0.2) is 4.79 Å². The topological polar surface area (TPSA) is 63.7 Å². The van der Waals surface area contributed by atoms with E-state index in [4.69, 9.17) is 4.74 Å². The molecule has 0 aromatic heterocycles. The lowest BCUT2D eigenvalue weighted by Gasteiger charge is -2.28. The molecule has 2 amide bonds. The van der Waals surface area contributed by atoms with Gasteiger partial charge in [-0.1, -0.05) is 38.3 Å². The number of ether oxygens (including phenoxy) is 1. The Kier molecular flexibility index (Phi) is 5.09. The molecule has 0 unspecified atom stereocenters. The van der Waals surface area contributed by atoms with E-state index in [1.165, 1.54) is 11.3 Å². The molecule has 0 N–H and O–H groups in total. The van der Waals surface area contributed by atoms with E-state index in [1.807, 2.05) is 0 Å². The molecule has 1 aliphatic heterocycles. The maximum absolute atomic E-state index is 13.1. The molecular weight excluding hydrogens is 502 g/mol. The van der Waals surface area contributed by atoms with Crippen molar-refractivity contribution in [3.63, 3.8) is 0 Å². The number of hydrogen-bond donors (Lipinski definition) is 0. The number of amides is 2. The fourth-order valence-corrected chi connectivity index (χ4v) is 7.63. The van der Waals surface area contributed by atoms with Crippen LogP contribution in [0.15, 0.2) is 24.3 Å². The number of carbonyl (C=O) groups excluding carboxylic acids is 3. The van der Waals surface area contributed by atoms with Gasteiger partial charge < -0.3 is 4.74 Å². The second-order valence-electron chi connectivity index (χ2n) is 8.73. The van der Waals surface area contributed by atoms with E-state index < -0.39 is 0 Å². The number of halogens is 2. The van der Waals surface area contributed by atoms with Crippen LogP contribution in [0, 0.1) is 23.7 Å². The molecule has 1 aromatic rings. The zero-order valence-corrected chi connectivity index (χ0v) is 19.1. The Hall–Kier alpha value is -1.21. The van der Waals surface area contributed by atoms with Crippen LogP contribution < -0.4 is 4.90 Å². The number of benzene rings is 1. The second-order valence-corrected chi connectivity index (χ2v) is 10.8. The molecule has 3 saturated carbocycles. The molecule has 7 heteroatoms. The molecule has 5 nitrogen and oxygen atoms in total. The lowest BCUT2D eigenvalue weighted by molar-refractivity contribution is -0.123. The van der Waals surface area contributed by atoms with Gasteiger partial charge in [0.1, 0.15) is 6.10 Å². The van der Waals surface area contributed by atoms with Gasteiger partial charge in [0.2, 0.25) is 11.8 Å². The van der Waals surface area contributed by atoms with Crippen molar-refractivity contribution in [2.45, 2.75) is 54.3 Å². The number of imide groups is 1. The van der Waals surface area contributed by atoms with Gasteiger partial charge in [0.05, 0.1) is 23.1 Å². The molecule has 1 saturated heterocycles. The van der Waals surface area contributed by atoms with E-state index in [0.717, 1.165) is 32.1 Å². The highest BCUT2D eigenvalue weighted by Gasteiger charge is 2.66. The van der Waals surface area contributed by atoms with Crippen molar-refractivity contribution < 1.29 is 19.1 Å². The quantitative estimate of drug-likeness (QED) is 0.333. The minimum atomic E-state index is -0.332. The SMILES string of the molecule is O=C(OC1CCCCC1)c1ccc(N2C(=O)[C@@H]3[C@H]4C[C@@H]([C@@H](Br)[C@H]4Br)[C@H]3C2=O)cc1. The summed E-state index contributed by atoms with van der Waals surface area (Å²) in [6, 6.07) is 6.69. The minimum Gasteiger partial charge on any atom is -0.459 e. The average molecular weight is 525 g/mol. The van der Waals surface area contributed by atoms with Crippen molar-refractivity contribution in [2.75, 3.05) is 4.90 Å². The van der Waals surface area contributed by atoms with Crippen LogP contribution in [0.5, 0.6) is 0 Å². The van der Waals surface area contributed by atoms with Gasteiger partial charge in [-0.05, 0) is 68.2 Å². The van der Waals surface area contributed by atoms with Gasteiger partial charge in [0.15, 0.2) is 0 Å². The Morgan fingerprint density at radius 3 is 2.00 bits per heavy atom. The smallest absolute Gasteiger partial charge is 0.338 e. The van der Waals surface area contributed by atoms with Crippen LogP contribution in [0.3, 0.4) is 0 Å². The largest absolute Gasteiger partial charge is 0.459 e. The molecule has 1 aromatic carbocycles. The number of hydrogen-bond acceptors (Lipinski definition) is 4. The van der Waals surface area contributed by atoms with E-state index in [-0.39, 0.29) is 57.2 Å². The molecular formula is C22H23Br2NO4. The summed E-state index contributed by atoms with van der Waals surface area (Å²) in [6.45, 7) is 0. The van der Waals surface area contributed by atoms with Crippen LogP contribution in [-0.2, 0) is 14.3 Å². The highest BCUT2D eigenvalue weighted by molar-refractivity contribution is 9.12. The number of carbonyl (C=O) groups is 3. The van der Waals surface area contributed by atoms with Crippen LogP contribution in [0.4, 0.5) is 5.69 Å². The van der Waals surface area contributed by atoms with Crippen molar-refractivity contribution in [1.29, 1.82) is 0 Å². The predicted octanol–water partition coefficient (Wildman–Crippen LogP) is 4.46. The van der Waals surface area contributed by atoms with Gasteiger partial charge in [0.25, 0.3) is 0 Å². The first kappa shape index (κ1) is 19.7. The molecule has 2 bridgehead atoms. The third kappa shape index (κ3) is 3.11. The molecule has 0 radical (unpaired) electrons. The van der Waals surface area contributed by atoms with Crippen LogP contribution >= 0.6 is 31.9 Å². The van der Waals surface area contributed by atoms with Gasteiger partial charge in [-0.3, -0.25) is 14.5 Å². The standard InChI is InChI=1S/C22H23Br2NO4/c23-18-14-10-15(19(18)24)17-16(14)20(26)25(21(17)27)12-8-6-11(7-9-12)22(28)29-13-4-2-1-3-5-13/h6-9,13-19H,1-5,10H2/t14-,15-,16-,17-,18-,19+/m1/s1. The number of esters is 1.